The maximum absolute atomic E-state index is 12.7. The minimum atomic E-state index is -1.21. The van der Waals surface area contributed by atoms with Crippen LogP contribution in [0, 0.1) is 0 Å². The van der Waals surface area contributed by atoms with E-state index in [1.807, 2.05) is 6.07 Å². The number of benzene rings is 2. The number of hydrogen-bond donors (Lipinski definition) is 2. The van der Waals surface area contributed by atoms with Gasteiger partial charge in [0.15, 0.2) is 0 Å². The Labute approximate surface area is 149 Å². The van der Waals surface area contributed by atoms with Crippen molar-refractivity contribution >= 4 is 23.7 Å². The van der Waals surface area contributed by atoms with Gasteiger partial charge in [-0.25, -0.2) is 0 Å². The van der Waals surface area contributed by atoms with Crippen LogP contribution in [0.25, 0.3) is 0 Å². The Morgan fingerprint density at radius 3 is 2.00 bits per heavy atom. The second-order valence-corrected chi connectivity index (χ2v) is 5.84. The van der Waals surface area contributed by atoms with Gasteiger partial charge in [0, 0.05) is 6.42 Å². The number of carbonyl (C=O) groups is 4. The summed E-state index contributed by atoms with van der Waals surface area (Å²) in [4.78, 5) is 49.6. The van der Waals surface area contributed by atoms with Crippen molar-refractivity contribution < 1.29 is 24.3 Å². The van der Waals surface area contributed by atoms with Crippen LogP contribution in [0.15, 0.2) is 54.6 Å². The molecule has 0 spiro atoms. The number of nitrogens with zero attached hydrogens (tertiary/aromatic N) is 1. The van der Waals surface area contributed by atoms with Crippen molar-refractivity contribution in [1.29, 1.82) is 0 Å². The minimum Gasteiger partial charge on any atom is -0.480 e. The Morgan fingerprint density at radius 1 is 0.923 bits per heavy atom. The summed E-state index contributed by atoms with van der Waals surface area (Å²) in [5.41, 5.74) is 1.22. The lowest BCUT2D eigenvalue weighted by Gasteiger charge is -2.25. The fourth-order valence-electron chi connectivity index (χ4n) is 2.91. The molecule has 1 unspecified atom stereocenters. The van der Waals surface area contributed by atoms with Crippen molar-refractivity contribution in [3.63, 3.8) is 0 Å². The summed E-state index contributed by atoms with van der Waals surface area (Å²) in [5.74, 6) is -3.01. The number of aliphatic carboxylic acids is 1. The third kappa shape index (κ3) is 3.32. The Hall–Kier alpha value is -3.48. The molecule has 3 rings (SSSR count). The summed E-state index contributed by atoms with van der Waals surface area (Å²) < 4.78 is 0. The van der Waals surface area contributed by atoms with Gasteiger partial charge in [0.05, 0.1) is 11.1 Å². The van der Waals surface area contributed by atoms with Gasteiger partial charge in [0.2, 0.25) is 5.91 Å². The number of carbonyl (C=O) groups excluding carboxylic acids is 3. The van der Waals surface area contributed by atoms with Crippen LogP contribution in [0.5, 0.6) is 0 Å². The molecule has 0 saturated heterocycles. The first-order chi connectivity index (χ1) is 12.5. The second-order valence-electron chi connectivity index (χ2n) is 5.84. The number of amides is 3. The quantitative estimate of drug-likeness (QED) is 0.758. The Morgan fingerprint density at radius 2 is 1.46 bits per heavy atom. The fourth-order valence-corrected chi connectivity index (χ4v) is 2.91. The van der Waals surface area contributed by atoms with Crippen molar-refractivity contribution in [2.75, 3.05) is 6.54 Å². The van der Waals surface area contributed by atoms with Crippen molar-refractivity contribution in [3.05, 3.63) is 71.3 Å². The third-order valence-corrected chi connectivity index (χ3v) is 4.13. The molecule has 0 bridgehead atoms. The number of fused-ring (bicyclic) bond motifs is 1. The van der Waals surface area contributed by atoms with E-state index in [4.69, 9.17) is 5.11 Å². The maximum atomic E-state index is 12.7. The Balaban J connectivity index is 1.93. The van der Waals surface area contributed by atoms with Crippen molar-refractivity contribution in [3.8, 4) is 0 Å². The topological polar surface area (TPSA) is 104 Å². The average Bonchev–Trinajstić information content (AvgIpc) is 2.90. The molecule has 0 aliphatic carbocycles. The van der Waals surface area contributed by atoms with Crippen LogP contribution in [0.4, 0.5) is 0 Å². The number of carboxylic acid groups (broad SMARTS) is 1. The highest BCUT2D eigenvalue weighted by molar-refractivity contribution is 6.22. The van der Waals surface area contributed by atoms with E-state index in [2.05, 4.69) is 5.32 Å². The van der Waals surface area contributed by atoms with Gasteiger partial charge in [0.25, 0.3) is 11.8 Å². The molecule has 2 N–H and O–H groups in total. The van der Waals surface area contributed by atoms with Crippen LogP contribution < -0.4 is 5.32 Å². The maximum Gasteiger partial charge on any atom is 0.322 e. The molecule has 1 heterocycles. The molecular weight excluding hydrogens is 336 g/mol. The van der Waals surface area contributed by atoms with Gasteiger partial charge >= 0.3 is 5.97 Å². The predicted molar refractivity (Wildman–Crippen MR) is 91.5 cm³/mol. The Bertz CT molecular complexity index is 844. The molecule has 2 aromatic rings. The van der Waals surface area contributed by atoms with Crippen LogP contribution in [-0.2, 0) is 16.0 Å². The van der Waals surface area contributed by atoms with E-state index in [1.165, 1.54) is 12.1 Å². The minimum absolute atomic E-state index is 0.0950. The molecular formula is C19H16N2O5. The predicted octanol–water partition coefficient (Wildman–Crippen LogP) is 1.09. The van der Waals surface area contributed by atoms with Crippen LogP contribution in [0.2, 0.25) is 0 Å². The first kappa shape index (κ1) is 17.3. The summed E-state index contributed by atoms with van der Waals surface area (Å²) in [5, 5.41) is 11.0. The molecule has 1 atom stereocenters. The highest BCUT2D eigenvalue weighted by Crippen LogP contribution is 2.26. The van der Waals surface area contributed by atoms with Gasteiger partial charge in [-0.2, -0.15) is 0 Å². The van der Waals surface area contributed by atoms with E-state index in [0.717, 1.165) is 10.5 Å². The van der Waals surface area contributed by atoms with Gasteiger partial charge in [0.1, 0.15) is 12.6 Å². The number of carboxylic acids is 1. The number of imide groups is 1. The summed E-state index contributed by atoms with van der Waals surface area (Å²) in [6.45, 7) is -0.590. The van der Waals surface area contributed by atoms with Crippen LogP contribution >= 0.6 is 0 Å². The molecule has 1 aliphatic rings. The van der Waals surface area contributed by atoms with Crippen molar-refractivity contribution in [1.82, 2.24) is 10.2 Å². The molecule has 0 aromatic heterocycles. The molecule has 0 saturated carbocycles. The zero-order valence-electron chi connectivity index (χ0n) is 13.7. The molecule has 2 aromatic carbocycles. The summed E-state index contributed by atoms with van der Waals surface area (Å²) >= 11 is 0. The van der Waals surface area contributed by atoms with E-state index < -0.39 is 36.3 Å². The first-order valence-corrected chi connectivity index (χ1v) is 7.99. The van der Waals surface area contributed by atoms with Crippen LogP contribution in [0.3, 0.4) is 0 Å². The fraction of sp³-hybridized carbons (Fsp3) is 0.158. The van der Waals surface area contributed by atoms with Gasteiger partial charge in [-0.1, -0.05) is 42.5 Å². The molecule has 132 valence electrons. The van der Waals surface area contributed by atoms with E-state index >= 15 is 0 Å². The van der Waals surface area contributed by atoms with E-state index in [9.17, 15) is 19.2 Å². The zero-order valence-corrected chi connectivity index (χ0v) is 13.7. The molecule has 0 radical (unpaired) electrons. The molecule has 0 fully saturated rings. The number of rotatable bonds is 6. The largest absolute Gasteiger partial charge is 0.480 e. The van der Waals surface area contributed by atoms with Crippen LogP contribution in [-0.4, -0.2) is 46.3 Å². The number of nitrogens with one attached hydrogen (secondary N) is 1. The molecule has 7 nitrogen and oxygen atoms in total. The lowest BCUT2D eigenvalue weighted by molar-refractivity contribution is -0.138. The van der Waals surface area contributed by atoms with Crippen molar-refractivity contribution in [2.24, 2.45) is 0 Å². The molecule has 3 amide bonds. The van der Waals surface area contributed by atoms with Gasteiger partial charge in [-0.3, -0.25) is 24.1 Å². The molecule has 1 aliphatic heterocycles. The van der Waals surface area contributed by atoms with Gasteiger partial charge in [-0.05, 0) is 17.7 Å². The lowest BCUT2D eigenvalue weighted by Crippen LogP contribution is -2.51. The lowest BCUT2D eigenvalue weighted by atomic mass is 10.0. The van der Waals surface area contributed by atoms with Gasteiger partial charge < -0.3 is 10.4 Å². The highest BCUT2D eigenvalue weighted by Gasteiger charge is 2.42. The molecule has 26 heavy (non-hydrogen) atoms. The van der Waals surface area contributed by atoms with Gasteiger partial charge in [-0.15, -0.1) is 0 Å². The average molecular weight is 352 g/mol. The summed E-state index contributed by atoms with van der Waals surface area (Å²) in [6.07, 6.45) is 0.0950. The van der Waals surface area contributed by atoms with Crippen molar-refractivity contribution in [2.45, 2.75) is 12.5 Å². The summed E-state index contributed by atoms with van der Waals surface area (Å²) in [6, 6.07) is 14.1. The second kappa shape index (κ2) is 7.18. The van der Waals surface area contributed by atoms with E-state index in [-0.39, 0.29) is 17.5 Å². The normalized spacial score (nSPS) is 14.1. The third-order valence-electron chi connectivity index (χ3n) is 4.13. The SMILES string of the molecule is O=C(O)CNC(=O)C(Cc1ccccc1)N1C(=O)c2ccccc2C1=O. The Kier molecular flexibility index (Phi) is 4.79. The van der Waals surface area contributed by atoms with Crippen LogP contribution in [0.1, 0.15) is 26.3 Å². The van der Waals surface area contributed by atoms with E-state index in [1.54, 1.807) is 36.4 Å². The molecule has 7 heteroatoms. The zero-order chi connectivity index (χ0) is 18.7. The summed E-state index contributed by atoms with van der Waals surface area (Å²) in [7, 11) is 0. The number of hydrogen-bond acceptors (Lipinski definition) is 4. The van der Waals surface area contributed by atoms with E-state index in [0.29, 0.717) is 0 Å². The highest BCUT2D eigenvalue weighted by atomic mass is 16.4. The first-order valence-electron chi connectivity index (χ1n) is 7.99. The monoisotopic (exact) mass is 352 g/mol. The standard InChI is InChI=1S/C19H16N2O5/c22-16(23)11-20-17(24)15(10-12-6-2-1-3-7-12)21-18(25)13-8-4-5-9-14(13)19(21)26/h1-9,15H,10-11H2,(H,20,24)(H,22,23). The smallest absolute Gasteiger partial charge is 0.322 e.